The van der Waals surface area contributed by atoms with Crippen LogP contribution in [-0.2, 0) is 108 Å². The molecule has 4 fully saturated rings. The Morgan fingerprint density at radius 2 is 1.44 bits per heavy atom. The van der Waals surface area contributed by atoms with Gasteiger partial charge in [0.05, 0.1) is 78.2 Å². The quantitative estimate of drug-likeness (QED) is 0.0118. The first-order valence-corrected chi connectivity index (χ1v) is 32.9. The molecule has 1 saturated heterocycles. The van der Waals surface area contributed by atoms with Crippen LogP contribution in [0.4, 0.5) is 4.39 Å². The largest absolute Gasteiger partial charge is 0.458 e. The van der Waals surface area contributed by atoms with Crippen molar-refractivity contribution in [2.75, 3.05) is 46.0 Å². The molecule has 33 nitrogen and oxygen atoms in total. The molecule has 4 aliphatic carbocycles. The van der Waals surface area contributed by atoms with Gasteiger partial charge in [0.2, 0.25) is 59.1 Å². The first-order chi connectivity index (χ1) is 48.1. The van der Waals surface area contributed by atoms with Gasteiger partial charge >= 0.3 is 5.97 Å². The second-order valence-electron chi connectivity index (χ2n) is 26.3. The van der Waals surface area contributed by atoms with E-state index in [0.717, 1.165) is 17.7 Å². The fourth-order valence-corrected chi connectivity index (χ4v) is 14.1. The number of nitrogens with zero attached hydrogens (tertiary/aromatic N) is 3. The Labute approximate surface area is 573 Å². The molecule has 4 aliphatic heterocycles. The van der Waals surface area contributed by atoms with E-state index in [1.54, 1.807) is 50.2 Å². The number of ether oxygens (including phenoxy) is 3. The molecule has 3 saturated carbocycles. The van der Waals surface area contributed by atoms with Gasteiger partial charge < -0.3 is 87.7 Å². The number of cyclic esters (lactones) is 1. The molecule has 6 heterocycles. The van der Waals surface area contributed by atoms with Crippen molar-refractivity contribution < 1.29 is 96.2 Å². The third-order valence-corrected chi connectivity index (χ3v) is 19.6. The van der Waals surface area contributed by atoms with E-state index in [4.69, 9.17) is 24.9 Å². The van der Waals surface area contributed by atoms with Crippen LogP contribution in [0.15, 0.2) is 59.4 Å². The van der Waals surface area contributed by atoms with Crippen molar-refractivity contribution >= 4 is 87.8 Å². The number of aliphatic hydroxyl groups excluding tert-OH is 2. The Kier molecular flexibility index (Phi) is 20.9. The molecular formula is C67H76FN13O20. The number of primary amides is 1. The summed E-state index contributed by atoms with van der Waals surface area (Å²) in [6, 6.07) is 8.13. The maximum atomic E-state index is 15.6. The van der Waals surface area contributed by atoms with Crippen LogP contribution in [0.25, 0.3) is 22.3 Å². The molecule has 4 aromatic rings. The summed E-state index contributed by atoms with van der Waals surface area (Å²) in [6.07, 6.45) is -3.18. The van der Waals surface area contributed by atoms with Crippen molar-refractivity contribution in [3.8, 4) is 11.4 Å². The Morgan fingerprint density at radius 1 is 0.772 bits per heavy atom. The number of nitrogens with one attached hydrogen (secondary N) is 9. The summed E-state index contributed by atoms with van der Waals surface area (Å²) in [5.41, 5.74) is 5.67. The van der Waals surface area contributed by atoms with Gasteiger partial charge in [0.15, 0.2) is 5.60 Å². The number of benzene rings is 2. The SMILES string of the molecule is CC[C@@]1(O)C(=O)OCc2c1cc1n(c2=O)Cc2c-1nc1cc(F)c(C)c3c1c2[C@@H](NC(=O)C12CC(OCNC(=O)CNC(=O)[C@H](Cc4ccccc4)NC(=O)CNC(=O)CNC(=O)C(CCC(=O)NC[C@H]4O[C@@H](CC(N)=O)[C@H](O)[C@@H]4O)NC(=O)CCNC(=O)CN4C(=O)C=CC4=O)(C1)C2)CC3. The van der Waals surface area contributed by atoms with Crippen molar-refractivity contribution in [2.24, 2.45) is 11.1 Å². The molecule has 14 N–H and O–H groups in total. The lowest BCUT2D eigenvalue weighted by molar-refractivity contribution is -0.276. The van der Waals surface area contributed by atoms with E-state index in [2.05, 4.69) is 47.9 Å². The zero-order valence-electron chi connectivity index (χ0n) is 55.0. The average molecular weight is 1400 g/mol. The van der Waals surface area contributed by atoms with Crippen LogP contribution in [0, 0.1) is 18.2 Å². The normalized spacial score (nSPS) is 23.7. The molecule has 0 radical (unpaired) electrons. The lowest BCUT2D eigenvalue weighted by atomic mass is 9.40. The molecule has 8 atom stereocenters. The maximum Gasteiger partial charge on any atom is 0.343 e. The number of rotatable bonds is 30. The van der Waals surface area contributed by atoms with Gasteiger partial charge in [-0.05, 0) is 80.2 Å². The average Bonchev–Trinajstić information content (AvgIpc) is 1.09. The van der Waals surface area contributed by atoms with Gasteiger partial charge in [-0.3, -0.25) is 67.2 Å². The minimum Gasteiger partial charge on any atom is -0.458 e. The first-order valence-electron chi connectivity index (χ1n) is 32.9. The summed E-state index contributed by atoms with van der Waals surface area (Å²) in [4.78, 5) is 187. The number of halogens is 1. The number of esters is 1. The highest BCUT2D eigenvalue weighted by atomic mass is 19.1. The number of fused-ring (bicyclic) bond motifs is 5. The number of amides is 12. The second kappa shape index (κ2) is 29.4. The van der Waals surface area contributed by atoms with Gasteiger partial charge in [-0.15, -0.1) is 0 Å². The standard InChI is InChI=1S/C67H76FN13O20/c1-3-67(98)37-18-43-57-35(25-80(43)62(95)36(37)27-99-64(67)97)56-39(10-9-34-32(2)38(68)19-41(78-57)55(34)56)79-63(96)65-28-66(29-65,30-65)100-31-75-50(86)23-74-61(94)42(17-33-7-5-4-6-8-33)77-51(87)24-72-49(85)22-73-60(93)40(76-48(84)15-16-70-52(88)26-81-53(89)13-14-54(81)90)11-12-47(83)71-21-45-59(92)58(91)44(101-45)20-46(69)82/h4-8,13-14,18-19,39-40,42,44-45,58-59,91-92,98H,3,9-12,15-17,20-31H2,1-2H3,(H2,69,82)(H,70,88)(H,71,83)(H,72,85)(H,73,93)(H,74,94)(H,75,86)(H,76,84)(H,77,87)(H,79,96)/t39-,40?,42-,44-,45+,58-,59+,65?,66?,67-/m0/s1. The number of aliphatic hydroxyl groups is 3. The summed E-state index contributed by atoms with van der Waals surface area (Å²) in [5, 5.41) is 55.6. The fourth-order valence-electron chi connectivity index (χ4n) is 14.1. The monoisotopic (exact) mass is 1400 g/mol. The molecule has 1 unspecified atom stereocenters. The Morgan fingerprint density at radius 3 is 2.13 bits per heavy atom. The number of carbonyl (C=O) groups is 13. The maximum absolute atomic E-state index is 15.6. The molecule has 0 spiro atoms. The number of imide groups is 1. The predicted octanol–water partition coefficient (Wildman–Crippen LogP) is -4.10. The fraction of sp³-hybridized carbons (Fsp3) is 0.478. The molecule has 2 bridgehead atoms. The smallest absolute Gasteiger partial charge is 0.343 e. The lowest BCUT2D eigenvalue weighted by Gasteiger charge is -2.68. The van der Waals surface area contributed by atoms with E-state index in [-0.39, 0.29) is 69.3 Å². The van der Waals surface area contributed by atoms with E-state index < -0.39 is 187 Å². The summed E-state index contributed by atoms with van der Waals surface area (Å²) in [7, 11) is 0. The predicted molar refractivity (Wildman–Crippen MR) is 345 cm³/mol. The Hall–Kier alpha value is -10.4. The van der Waals surface area contributed by atoms with Crippen LogP contribution < -0.4 is 59.1 Å². The number of aromatic nitrogens is 2. The van der Waals surface area contributed by atoms with Crippen LogP contribution >= 0.6 is 0 Å². The molecule has 536 valence electrons. The Balaban J connectivity index is 0.637. The molecule has 101 heavy (non-hydrogen) atoms. The molecule has 2 aromatic carbocycles. The van der Waals surface area contributed by atoms with Crippen LogP contribution in [0.3, 0.4) is 0 Å². The summed E-state index contributed by atoms with van der Waals surface area (Å²) < 4.78 is 33.9. The van der Waals surface area contributed by atoms with Gasteiger partial charge in [0, 0.05) is 67.1 Å². The summed E-state index contributed by atoms with van der Waals surface area (Å²) >= 11 is 0. The first kappa shape index (κ1) is 71.9. The third-order valence-electron chi connectivity index (χ3n) is 19.6. The van der Waals surface area contributed by atoms with Crippen molar-refractivity contribution in [1.82, 2.24) is 62.3 Å². The van der Waals surface area contributed by atoms with Gasteiger partial charge in [0.1, 0.15) is 56.1 Å². The summed E-state index contributed by atoms with van der Waals surface area (Å²) in [6.45, 7) is -0.529. The van der Waals surface area contributed by atoms with Crippen molar-refractivity contribution in [3.63, 3.8) is 0 Å². The van der Waals surface area contributed by atoms with E-state index in [1.165, 1.54) is 10.6 Å². The number of hydrogen-bond acceptors (Lipinski definition) is 21. The molecule has 12 rings (SSSR count). The van der Waals surface area contributed by atoms with E-state index in [1.807, 2.05) is 0 Å². The highest BCUT2D eigenvalue weighted by Gasteiger charge is 2.73. The van der Waals surface area contributed by atoms with E-state index in [9.17, 15) is 82.4 Å². The minimum atomic E-state index is -2.06. The van der Waals surface area contributed by atoms with Crippen molar-refractivity contribution in [1.29, 1.82) is 0 Å². The highest BCUT2D eigenvalue weighted by molar-refractivity contribution is 6.14. The molecule has 34 heteroatoms. The molecule has 12 amide bonds. The van der Waals surface area contributed by atoms with Crippen molar-refractivity contribution in [3.05, 3.63) is 110 Å². The molecule has 2 aromatic heterocycles. The number of aryl methyl sites for hydroxylation is 1. The van der Waals surface area contributed by atoms with Gasteiger partial charge in [-0.2, -0.15) is 0 Å². The van der Waals surface area contributed by atoms with Crippen LogP contribution in [-0.4, -0.2) is 195 Å². The van der Waals surface area contributed by atoms with E-state index in [0.29, 0.717) is 81.5 Å². The minimum absolute atomic E-state index is 0.0527. The van der Waals surface area contributed by atoms with Gasteiger partial charge in [-0.1, -0.05) is 37.3 Å². The van der Waals surface area contributed by atoms with Crippen molar-refractivity contribution in [2.45, 2.75) is 151 Å². The molecular weight excluding hydrogens is 1330 g/mol. The zero-order valence-corrected chi connectivity index (χ0v) is 55.0. The van der Waals surface area contributed by atoms with Crippen LogP contribution in [0.2, 0.25) is 0 Å². The number of hydrogen-bond donors (Lipinski definition) is 13. The lowest BCUT2D eigenvalue weighted by Crippen LogP contribution is -2.73. The third kappa shape index (κ3) is 15.1. The van der Waals surface area contributed by atoms with Crippen LogP contribution in [0.1, 0.15) is 110 Å². The van der Waals surface area contributed by atoms with Gasteiger partial charge in [0.25, 0.3) is 17.4 Å². The second-order valence-corrected chi connectivity index (χ2v) is 26.3. The highest BCUT2D eigenvalue weighted by Crippen LogP contribution is 2.69. The number of pyridine rings is 2. The van der Waals surface area contributed by atoms with Gasteiger partial charge in [-0.25, -0.2) is 14.2 Å². The Bertz CT molecular complexity index is 4180. The summed E-state index contributed by atoms with van der Waals surface area (Å²) in [5.74, 6) is -10.2. The number of carbonyl (C=O) groups excluding carboxylic acids is 13. The zero-order chi connectivity index (χ0) is 72.4. The topological polar surface area (TPSA) is 483 Å². The molecule has 8 aliphatic rings. The number of nitrogens with two attached hydrogens (primary N) is 1. The van der Waals surface area contributed by atoms with E-state index >= 15 is 4.39 Å². The van der Waals surface area contributed by atoms with Crippen LogP contribution in [0.5, 0.6) is 0 Å².